The molecule has 4 rings (SSSR count). The molecule has 0 saturated carbocycles. The summed E-state index contributed by atoms with van der Waals surface area (Å²) in [6.45, 7) is 0.222. The summed E-state index contributed by atoms with van der Waals surface area (Å²) in [5.41, 5.74) is 0.892. The molecule has 0 fully saturated rings. The minimum atomic E-state index is -0.154. The summed E-state index contributed by atoms with van der Waals surface area (Å²) in [7, 11) is 1.62. The van der Waals surface area contributed by atoms with E-state index in [1.165, 1.54) is 23.1 Å². The van der Waals surface area contributed by atoms with Crippen LogP contribution in [0.15, 0.2) is 71.3 Å². The third kappa shape index (κ3) is 5.41. The van der Waals surface area contributed by atoms with Gasteiger partial charge in [-0.3, -0.25) is 9.36 Å². The second-order valence-electron chi connectivity index (χ2n) is 6.21. The van der Waals surface area contributed by atoms with Crippen LogP contribution in [0.2, 0.25) is 0 Å². The molecule has 0 aliphatic heterocycles. The third-order valence-electron chi connectivity index (χ3n) is 4.15. The van der Waals surface area contributed by atoms with Crippen molar-refractivity contribution in [2.24, 2.45) is 0 Å². The van der Waals surface area contributed by atoms with Crippen LogP contribution in [0.1, 0.15) is 5.82 Å². The van der Waals surface area contributed by atoms with Crippen molar-refractivity contribution in [3.05, 3.63) is 72.0 Å². The smallest absolute Gasteiger partial charge is 0.236 e. The average molecular weight is 454 g/mol. The SMILES string of the molecule is COc1ccc(OCc2nnc(SCC(=O)Nc3nccs3)n2-c2ccccc2)cc1. The number of thioether (sulfide) groups is 1. The topological polar surface area (TPSA) is 91.2 Å². The summed E-state index contributed by atoms with van der Waals surface area (Å²) in [5.74, 6) is 2.11. The first-order chi connectivity index (χ1) is 15.2. The van der Waals surface area contributed by atoms with Gasteiger partial charge in [0.05, 0.1) is 12.9 Å². The quantitative estimate of drug-likeness (QED) is 0.382. The lowest BCUT2D eigenvalue weighted by Gasteiger charge is -2.11. The molecule has 2 heterocycles. The van der Waals surface area contributed by atoms with E-state index in [1.54, 1.807) is 13.3 Å². The van der Waals surface area contributed by atoms with Gasteiger partial charge in [-0.1, -0.05) is 30.0 Å². The second-order valence-corrected chi connectivity index (χ2v) is 8.05. The Hall–Kier alpha value is -3.37. The van der Waals surface area contributed by atoms with Gasteiger partial charge in [-0.25, -0.2) is 4.98 Å². The summed E-state index contributed by atoms with van der Waals surface area (Å²) in [6.07, 6.45) is 1.65. The van der Waals surface area contributed by atoms with E-state index in [-0.39, 0.29) is 18.3 Å². The predicted molar refractivity (Wildman–Crippen MR) is 120 cm³/mol. The van der Waals surface area contributed by atoms with Gasteiger partial charge in [0.2, 0.25) is 5.91 Å². The number of rotatable bonds is 9. The van der Waals surface area contributed by atoms with Crippen LogP contribution in [-0.4, -0.2) is 38.5 Å². The Labute approximate surface area is 187 Å². The Kier molecular flexibility index (Phi) is 6.80. The first kappa shape index (κ1) is 20.9. The fourth-order valence-corrected chi connectivity index (χ4v) is 4.03. The molecule has 1 N–H and O–H groups in total. The number of ether oxygens (including phenoxy) is 2. The van der Waals surface area contributed by atoms with Crippen molar-refractivity contribution in [1.82, 2.24) is 19.7 Å². The number of nitrogens with one attached hydrogen (secondary N) is 1. The predicted octanol–water partition coefficient (Wildman–Crippen LogP) is 4.04. The Morgan fingerprint density at radius 1 is 1.10 bits per heavy atom. The van der Waals surface area contributed by atoms with Gasteiger partial charge >= 0.3 is 0 Å². The maximum absolute atomic E-state index is 12.2. The van der Waals surface area contributed by atoms with E-state index in [2.05, 4.69) is 20.5 Å². The maximum Gasteiger partial charge on any atom is 0.236 e. The zero-order valence-corrected chi connectivity index (χ0v) is 18.2. The highest BCUT2D eigenvalue weighted by Gasteiger charge is 2.17. The number of amides is 1. The number of hydrogen-bond acceptors (Lipinski definition) is 8. The summed E-state index contributed by atoms with van der Waals surface area (Å²) in [6, 6.07) is 17.1. The molecule has 4 aromatic rings. The van der Waals surface area contributed by atoms with Crippen molar-refractivity contribution in [1.29, 1.82) is 0 Å². The molecule has 2 aromatic carbocycles. The standard InChI is InChI=1S/C21H19N5O3S2/c1-28-16-7-9-17(10-8-16)29-13-18-24-25-21(26(18)15-5-3-2-4-6-15)31-14-19(27)23-20-22-11-12-30-20/h2-12H,13-14H2,1H3,(H,22,23,27). The largest absolute Gasteiger partial charge is 0.497 e. The molecule has 0 unspecified atom stereocenters. The van der Waals surface area contributed by atoms with E-state index in [0.29, 0.717) is 21.9 Å². The molecule has 31 heavy (non-hydrogen) atoms. The molecular formula is C21H19N5O3S2. The number of benzene rings is 2. The molecule has 0 aliphatic carbocycles. The highest BCUT2D eigenvalue weighted by molar-refractivity contribution is 7.99. The highest BCUT2D eigenvalue weighted by Crippen LogP contribution is 2.24. The fraction of sp³-hybridized carbons (Fsp3) is 0.143. The Balaban J connectivity index is 1.49. The summed E-state index contributed by atoms with van der Waals surface area (Å²) >= 11 is 2.68. The van der Waals surface area contributed by atoms with Crippen LogP contribution in [0.4, 0.5) is 5.13 Å². The molecule has 0 spiro atoms. The normalized spacial score (nSPS) is 10.6. The van der Waals surface area contributed by atoms with Gasteiger partial charge in [0.25, 0.3) is 0 Å². The first-order valence-electron chi connectivity index (χ1n) is 9.31. The zero-order chi connectivity index (χ0) is 21.5. The Morgan fingerprint density at radius 2 is 1.87 bits per heavy atom. The number of thiazole rings is 1. The molecule has 0 bridgehead atoms. The van der Waals surface area contributed by atoms with E-state index in [4.69, 9.17) is 9.47 Å². The lowest BCUT2D eigenvalue weighted by molar-refractivity contribution is -0.113. The van der Waals surface area contributed by atoms with Crippen molar-refractivity contribution in [2.75, 3.05) is 18.2 Å². The molecule has 1 amide bonds. The van der Waals surface area contributed by atoms with Crippen LogP contribution in [0.5, 0.6) is 11.5 Å². The van der Waals surface area contributed by atoms with Crippen molar-refractivity contribution in [3.63, 3.8) is 0 Å². The molecule has 10 heteroatoms. The van der Waals surface area contributed by atoms with E-state index >= 15 is 0 Å². The van der Waals surface area contributed by atoms with Crippen LogP contribution in [0.25, 0.3) is 5.69 Å². The van der Waals surface area contributed by atoms with Gasteiger partial charge in [0.1, 0.15) is 18.1 Å². The average Bonchev–Trinajstić information content (AvgIpc) is 3.47. The van der Waals surface area contributed by atoms with E-state index < -0.39 is 0 Å². The van der Waals surface area contributed by atoms with E-state index in [1.807, 2.05) is 64.5 Å². The maximum atomic E-state index is 12.2. The van der Waals surface area contributed by atoms with Gasteiger partial charge in [-0.05, 0) is 36.4 Å². The van der Waals surface area contributed by atoms with Crippen LogP contribution in [0, 0.1) is 0 Å². The number of anilines is 1. The molecule has 2 aromatic heterocycles. The molecule has 158 valence electrons. The number of para-hydroxylation sites is 1. The Morgan fingerprint density at radius 3 is 2.58 bits per heavy atom. The van der Waals surface area contributed by atoms with Gasteiger partial charge < -0.3 is 14.8 Å². The van der Waals surface area contributed by atoms with Gasteiger partial charge in [0.15, 0.2) is 16.1 Å². The van der Waals surface area contributed by atoms with Crippen molar-refractivity contribution in [3.8, 4) is 17.2 Å². The number of aromatic nitrogens is 4. The fourth-order valence-electron chi connectivity index (χ4n) is 2.71. The van der Waals surface area contributed by atoms with Crippen LogP contribution in [-0.2, 0) is 11.4 Å². The van der Waals surface area contributed by atoms with Crippen LogP contribution < -0.4 is 14.8 Å². The van der Waals surface area contributed by atoms with Crippen molar-refractivity contribution < 1.29 is 14.3 Å². The van der Waals surface area contributed by atoms with Gasteiger partial charge in [-0.2, -0.15) is 0 Å². The number of nitrogens with zero attached hydrogens (tertiary/aromatic N) is 4. The van der Waals surface area contributed by atoms with Crippen molar-refractivity contribution >= 4 is 34.1 Å². The van der Waals surface area contributed by atoms with Gasteiger partial charge in [0, 0.05) is 17.3 Å². The Bertz CT molecular complexity index is 1120. The lowest BCUT2D eigenvalue weighted by atomic mass is 10.3. The second kappa shape index (κ2) is 10.1. The third-order valence-corrected chi connectivity index (χ3v) is 5.77. The first-order valence-corrected chi connectivity index (χ1v) is 11.2. The van der Waals surface area contributed by atoms with Crippen LogP contribution >= 0.6 is 23.1 Å². The minimum absolute atomic E-state index is 0.154. The molecule has 0 radical (unpaired) electrons. The number of hydrogen-bond donors (Lipinski definition) is 1. The minimum Gasteiger partial charge on any atom is -0.497 e. The highest BCUT2D eigenvalue weighted by atomic mass is 32.2. The van der Waals surface area contributed by atoms with E-state index in [9.17, 15) is 4.79 Å². The number of carbonyl (C=O) groups is 1. The lowest BCUT2D eigenvalue weighted by Crippen LogP contribution is -2.14. The number of methoxy groups -OCH3 is 1. The van der Waals surface area contributed by atoms with Gasteiger partial charge in [-0.15, -0.1) is 21.5 Å². The monoisotopic (exact) mass is 453 g/mol. The molecular weight excluding hydrogens is 434 g/mol. The molecule has 0 aliphatic rings. The summed E-state index contributed by atoms with van der Waals surface area (Å²) in [4.78, 5) is 16.3. The van der Waals surface area contributed by atoms with E-state index in [0.717, 1.165) is 11.4 Å². The molecule has 0 atom stereocenters. The van der Waals surface area contributed by atoms with Crippen molar-refractivity contribution in [2.45, 2.75) is 11.8 Å². The summed E-state index contributed by atoms with van der Waals surface area (Å²) in [5, 5.41) is 14.3. The van der Waals surface area contributed by atoms with Crippen LogP contribution in [0.3, 0.4) is 0 Å². The molecule has 8 nitrogen and oxygen atoms in total. The zero-order valence-electron chi connectivity index (χ0n) is 16.6. The molecule has 0 saturated heterocycles. The summed E-state index contributed by atoms with van der Waals surface area (Å²) < 4.78 is 13.0. The number of carbonyl (C=O) groups excluding carboxylic acids is 1.